The Morgan fingerprint density at radius 3 is 0.174 bits per heavy atom. The molecule has 0 aromatic carbocycles. The van der Waals surface area contributed by atoms with E-state index in [1.54, 1.807) is 6.92 Å². The van der Waals surface area contributed by atoms with E-state index in [1.807, 2.05) is 0 Å². The second-order valence-electron chi connectivity index (χ2n) is 0. The van der Waals surface area contributed by atoms with Gasteiger partial charge in [0.15, 0.2) is 0 Å². The van der Waals surface area contributed by atoms with Gasteiger partial charge in [-0.15, -0.1) is 0 Å². The van der Waals surface area contributed by atoms with Gasteiger partial charge in [0.1, 0.15) is 0 Å². The smallest absolute Gasteiger partial charge is 0 e. The molecule has 0 unspecified atom stereocenters. The van der Waals surface area contributed by atoms with Gasteiger partial charge >= 0.3 is 0 Å². The molecule has 21 radical (unpaired) electrons. The number of hydrogen-bond acceptors (Lipinski definition) is 0. The van der Waals surface area contributed by atoms with Crippen molar-refractivity contribution in [3.05, 3.63) is 6.92 Å². The Hall–Kier alpha value is 23.2. The topological polar surface area (TPSA) is 0 Å². The van der Waals surface area contributed by atoms with Crippen molar-refractivity contribution in [1.29, 1.82) is 0 Å². The maximum absolute atomic E-state index is 3.25. The van der Waals surface area contributed by atoms with Gasteiger partial charge < -0.3 is 6.92 Å². The van der Waals surface area contributed by atoms with Crippen LogP contribution in [0.15, 0.2) is 0 Å². The average Bonchev–Trinajstić information content (AvgIpc) is 1.00. The summed E-state index contributed by atoms with van der Waals surface area (Å²) in [6, 6.07) is 0. The maximum atomic E-state index is 3.25. The van der Waals surface area contributed by atoms with E-state index >= 15 is 0 Å². The molecule has 0 nitrogen and oxygen atoms in total. The third-order valence-corrected chi connectivity index (χ3v) is 0. The van der Waals surface area contributed by atoms with Gasteiger partial charge in [-0.25, -0.2) is 0 Å². The fraction of sp³-hybridized carbons (Fsp3) is 0.500. The molecule has 0 amide bonds. The van der Waals surface area contributed by atoms with Gasteiger partial charge in [0.05, 0.1) is 0 Å². The average molecular weight is 1900 g/mol. The van der Waals surface area contributed by atoms with E-state index in [4.69, 9.17) is 0 Å². The summed E-state index contributed by atoms with van der Waals surface area (Å²) < 4.78 is 0. The third-order valence-electron chi connectivity index (χ3n) is 0. The molecular weight excluding hydrogens is 1890 g/mol. The maximum Gasteiger partial charge on any atom is 0 e. The molecule has 0 rings (SSSR count). The first-order valence-corrected chi connectivity index (χ1v) is 0.707. The number of rotatable bonds is 0. The largest absolute Gasteiger partial charge is 0.346 e. The van der Waals surface area contributed by atoms with E-state index < -0.39 is 0 Å². The van der Waals surface area contributed by atoms with Crippen LogP contribution in [0.5, 0.6) is 0 Å². The van der Waals surface area contributed by atoms with Crippen LogP contribution in [0.3, 0.4) is 0 Å². The van der Waals surface area contributed by atoms with E-state index in [0.717, 1.165) is 0 Å². The second kappa shape index (κ2) is 164. The molecule has 0 aromatic rings. The van der Waals surface area contributed by atoms with Gasteiger partial charge in [-0.3, -0.25) is 0 Å². The zero-order chi connectivity index (χ0) is 2.00. The standard InChI is InChI=1S/C2H5.21Y/c1-2;;;;;;;;;;;;;;;;;;;;;/h1H2,2H3;;;;;;;;;;;;;;;;;;;;;/q-1;;;;;;;;;;;;;;;;;;;;;. The van der Waals surface area contributed by atoms with Crippen LogP contribution in [0, 0.1) is 6.92 Å². The molecule has 0 saturated heterocycles. The summed E-state index contributed by atoms with van der Waals surface area (Å²) in [4.78, 5) is 0. The fourth-order valence-electron chi connectivity index (χ4n) is 0. The Kier molecular flexibility index (Phi) is 1150. The summed E-state index contributed by atoms with van der Waals surface area (Å²) in [6.45, 7) is 5.00. The molecule has 0 bridgehead atoms. The van der Waals surface area contributed by atoms with Crippen molar-refractivity contribution in [1.82, 2.24) is 0 Å². The Morgan fingerprint density at radius 2 is 0.174 bits per heavy atom. The van der Waals surface area contributed by atoms with Gasteiger partial charge in [-0.05, 0) is 0 Å². The molecule has 0 fully saturated rings. The van der Waals surface area contributed by atoms with Crippen molar-refractivity contribution < 1.29 is 687 Å². The molecule has 0 aliphatic rings. The van der Waals surface area contributed by atoms with E-state index in [2.05, 4.69) is 6.92 Å². The fourth-order valence-corrected chi connectivity index (χ4v) is 0. The first kappa shape index (κ1) is 161. The van der Waals surface area contributed by atoms with E-state index in [0.29, 0.717) is 0 Å². The third kappa shape index (κ3) is 157. The normalized spacial score (nSPS) is 0.261. The molecule has 0 N–H and O–H groups in total. The van der Waals surface area contributed by atoms with Crippen LogP contribution < -0.4 is 0 Å². The molecule has 21 heteroatoms. The van der Waals surface area contributed by atoms with Crippen molar-refractivity contribution in [3.8, 4) is 0 Å². The van der Waals surface area contributed by atoms with Crippen molar-refractivity contribution in [2.24, 2.45) is 0 Å². The predicted molar refractivity (Wildman–Crippen MR) is 11.0 cm³/mol. The summed E-state index contributed by atoms with van der Waals surface area (Å²) in [5.74, 6) is 0. The zero-order valence-corrected chi connectivity index (χ0v) is 73.4. The molecular formula is C2H5Y21-. The van der Waals surface area contributed by atoms with Crippen LogP contribution in [-0.4, -0.2) is 0 Å². The Morgan fingerprint density at radius 1 is 0.174 bits per heavy atom. The molecule has 0 saturated carbocycles. The second-order valence-corrected chi connectivity index (χ2v) is 0. The molecule has 0 aromatic heterocycles. The Balaban J connectivity index is -0.0000000000238. The van der Waals surface area contributed by atoms with Gasteiger partial charge in [-0.1, -0.05) is 0 Å². The van der Waals surface area contributed by atoms with Crippen molar-refractivity contribution in [2.75, 3.05) is 0 Å². The predicted octanol–water partition coefficient (Wildman–Crippen LogP) is 0.788. The monoisotopic (exact) mass is 1900 g/mol. The molecule has 0 aliphatic carbocycles. The molecule has 0 spiro atoms. The summed E-state index contributed by atoms with van der Waals surface area (Å²) in [7, 11) is 0. The van der Waals surface area contributed by atoms with Gasteiger partial charge in [0, 0.05) is 687 Å². The summed E-state index contributed by atoms with van der Waals surface area (Å²) in [5.41, 5.74) is 0. The summed E-state index contributed by atoms with van der Waals surface area (Å²) >= 11 is 0. The Bertz CT molecular complexity index is 9.80. The minimum atomic E-state index is 0. The summed E-state index contributed by atoms with van der Waals surface area (Å²) in [5, 5.41) is 0. The van der Waals surface area contributed by atoms with Crippen molar-refractivity contribution in [2.45, 2.75) is 6.92 Å². The molecule has 0 aliphatic heterocycles. The van der Waals surface area contributed by atoms with E-state index in [-0.39, 0.29) is 687 Å². The zero-order valence-electron chi connectivity index (χ0n) is 13.8. The molecule has 77 valence electrons. The molecule has 23 heavy (non-hydrogen) atoms. The van der Waals surface area contributed by atoms with Crippen molar-refractivity contribution >= 4 is 0 Å². The molecule has 0 atom stereocenters. The van der Waals surface area contributed by atoms with Crippen LogP contribution in [-0.2, 0) is 687 Å². The van der Waals surface area contributed by atoms with Gasteiger partial charge in [-0.2, -0.15) is 6.92 Å². The first-order chi connectivity index (χ1) is 1.00. The SMILES string of the molecule is [CH2-]C.[Y].[Y].[Y].[Y].[Y].[Y].[Y].[Y].[Y].[Y].[Y].[Y].[Y].[Y].[Y].[Y].[Y].[Y].[Y].[Y].[Y]. The van der Waals surface area contributed by atoms with E-state index in [1.165, 1.54) is 0 Å². The number of hydrogen-bond donors (Lipinski definition) is 0. The Labute approximate surface area is 674 Å². The van der Waals surface area contributed by atoms with Crippen LogP contribution in [0.1, 0.15) is 6.92 Å². The van der Waals surface area contributed by atoms with Crippen molar-refractivity contribution in [3.63, 3.8) is 0 Å². The molecule has 0 heterocycles. The van der Waals surface area contributed by atoms with Crippen LogP contribution >= 0.6 is 0 Å². The van der Waals surface area contributed by atoms with Gasteiger partial charge in [0.25, 0.3) is 0 Å². The van der Waals surface area contributed by atoms with Crippen LogP contribution in [0.2, 0.25) is 0 Å². The summed E-state index contributed by atoms with van der Waals surface area (Å²) in [6.07, 6.45) is 0. The first-order valence-electron chi connectivity index (χ1n) is 0.707. The minimum Gasteiger partial charge on any atom is -0.346 e. The van der Waals surface area contributed by atoms with Crippen LogP contribution in [0.25, 0.3) is 0 Å². The van der Waals surface area contributed by atoms with E-state index in [9.17, 15) is 0 Å². The minimum absolute atomic E-state index is 0. The quantitative estimate of drug-likeness (QED) is 0.316. The van der Waals surface area contributed by atoms with Gasteiger partial charge in [0.2, 0.25) is 0 Å². The van der Waals surface area contributed by atoms with Crippen LogP contribution in [0.4, 0.5) is 0 Å².